The number of hydrogen-bond donors (Lipinski definition) is 2. The Morgan fingerprint density at radius 1 is 1.11 bits per heavy atom. The van der Waals surface area contributed by atoms with Crippen LogP contribution in [0.15, 0.2) is 46.7 Å². The van der Waals surface area contributed by atoms with Crippen LogP contribution in [0.5, 0.6) is 0 Å². The molecule has 2 N–H and O–H groups in total. The van der Waals surface area contributed by atoms with Crippen LogP contribution in [0.2, 0.25) is 0 Å². The van der Waals surface area contributed by atoms with Crippen LogP contribution in [0, 0.1) is 0 Å². The minimum Gasteiger partial charge on any atom is -0.338 e. The molecule has 144 valence electrons. The third kappa shape index (κ3) is 6.29. The van der Waals surface area contributed by atoms with Gasteiger partial charge in [-0.05, 0) is 47.7 Å². The van der Waals surface area contributed by atoms with E-state index in [1.165, 1.54) is 15.3 Å². The van der Waals surface area contributed by atoms with Crippen molar-refractivity contribution in [3.05, 3.63) is 52.2 Å². The number of thioether (sulfide) groups is 1. The first-order valence-corrected chi connectivity index (χ1v) is 11.1. The molecule has 1 aliphatic rings. The summed E-state index contributed by atoms with van der Waals surface area (Å²) in [6.45, 7) is 2.48. The lowest BCUT2D eigenvalue weighted by molar-refractivity contribution is -0.131. The first kappa shape index (κ1) is 19.8. The van der Waals surface area contributed by atoms with E-state index < -0.39 is 0 Å². The fraction of sp³-hybridized carbons (Fsp3) is 0.400. The molecular weight excluding hydrogens is 378 g/mol. The normalized spacial score (nSPS) is 13.1. The number of fused-ring (bicyclic) bond motifs is 1. The first-order chi connectivity index (χ1) is 13.2. The highest BCUT2D eigenvalue weighted by Crippen LogP contribution is 2.24. The molecule has 27 heavy (non-hydrogen) atoms. The van der Waals surface area contributed by atoms with Crippen molar-refractivity contribution in [3.63, 3.8) is 0 Å². The van der Waals surface area contributed by atoms with Gasteiger partial charge in [0, 0.05) is 42.4 Å². The summed E-state index contributed by atoms with van der Waals surface area (Å²) in [6.07, 6.45) is 2.19. The number of urea groups is 1. The number of nitrogens with one attached hydrogen (secondary N) is 2. The van der Waals surface area contributed by atoms with Gasteiger partial charge in [0.05, 0.1) is 0 Å². The van der Waals surface area contributed by atoms with E-state index in [9.17, 15) is 9.59 Å². The summed E-state index contributed by atoms with van der Waals surface area (Å²) in [5.41, 5.74) is 1.26. The lowest BCUT2D eigenvalue weighted by atomic mass is 10.1. The Balaban J connectivity index is 1.24. The number of thiophene rings is 1. The number of carbonyl (C=O) groups is 2. The monoisotopic (exact) mass is 403 g/mol. The molecule has 0 saturated heterocycles. The molecule has 1 aliphatic heterocycles. The third-order valence-electron chi connectivity index (χ3n) is 4.40. The summed E-state index contributed by atoms with van der Waals surface area (Å²) < 4.78 is 0. The van der Waals surface area contributed by atoms with Gasteiger partial charge < -0.3 is 15.5 Å². The van der Waals surface area contributed by atoms with E-state index in [2.05, 4.69) is 34.2 Å². The van der Waals surface area contributed by atoms with Crippen molar-refractivity contribution in [2.75, 3.05) is 25.4 Å². The predicted octanol–water partition coefficient (Wildman–Crippen LogP) is 3.50. The van der Waals surface area contributed by atoms with Crippen LogP contribution >= 0.6 is 23.1 Å². The van der Waals surface area contributed by atoms with Crippen molar-refractivity contribution in [1.82, 2.24) is 15.5 Å². The van der Waals surface area contributed by atoms with Gasteiger partial charge >= 0.3 is 6.03 Å². The maximum atomic E-state index is 12.3. The molecule has 0 atom stereocenters. The van der Waals surface area contributed by atoms with Crippen LogP contribution in [0.1, 0.15) is 23.3 Å². The fourth-order valence-electron chi connectivity index (χ4n) is 2.95. The van der Waals surface area contributed by atoms with Gasteiger partial charge in [0.25, 0.3) is 0 Å². The van der Waals surface area contributed by atoms with Gasteiger partial charge in [-0.2, -0.15) is 0 Å². The Labute approximate surface area is 168 Å². The quantitative estimate of drug-likeness (QED) is 0.524. The second-order valence-electron chi connectivity index (χ2n) is 6.38. The zero-order valence-electron chi connectivity index (χ0n) is 15.3. The van der Waals surface area contributed by atoms with Crippen molar-refractivity contribution in [2.45, 2.75) is 30.7 Å². The van der Waals surface area contributed by atoms with E-state index in [0.717, 1.165) is 25.1 Å². The maximum Gasteiger partial charge on any atom is 0.314 e. The highest BCUT2D eigenvalue weighted by molar-refractivity contribution is 7.99. The molecule has 3 rings (SSSR count). The second kappa shape index (κ2) is 10.4. The van der Waals surface area contributed by atoms with Gasteiger partial charge in [-0.3, -0.25) is 4.79 Å². The molecule has 7 heteroatoms. The molecule has 0 unspecified atom stereocenters. The summed E-state index contributed by atoms with van der Waals surface area (Å²) in [7, 11) is 0. The molecule has 0 saturated carbocycles. The molecule has 1 aromatic carbocycles. The molecule has 0 spiro atoms. The topological polar surface area (TPSA) is 61.4 Å². The minimum atomic E-state index is -0.203. The SMILES string of the molecule is O=C(NCCCSc1ccccc1)NCCC(=O)N1CCc2sccc2C1. The Hall–Kier alpha value is -1.99. The highest BCUT2D eigenvalue weighted by atomic mass is 32.2. The van der Waals surface area contributed by atoms with Gasteiger partial charge in [0.15, 0.2) is 0 Å². The average Bonchev–Trinajstić information content (AvgIpc) is 3.16. The lowest BCUT2D eigenvalue weighted by Crippen LogP contribution is -2.40. The van der Waals surface area contributed by atoms with Crippen molar-refractivity contribution >= 4 is 35.0 Å². The van der Waals surface area contributed by atoms with E-state index >= 15 is 0 Å². The van der Waals surface area contributed by atoms with Crippen LogP contribution in [0.3, 0.4) is 0 Å². The van der Waals surface area contributed by atoms with Gasteiger partial charge in [0.1, 0.15) is 0 Å². The molecule has 0 fully saturated rings. The Kier molecular flexibility index (Phi) is 7.59. The van der Waals surface area contributed by atoms with Gasteiger partial charge in [0.2, 0.25) is 5.91 Å². The second-order valence-corrected chi connectivity index (χ2v) is 8.55. The third-order valence-corrected chi connectivity index (χ3v) is 6.52. The van der Waals surface area contributed by atoms with E-state index in [0.29, 0.717) is 26.1 Å². The molecule has 1 aromatic heterocycles. The van der Waals surface area contributed by atoms with Crippen molar-refractivity contribution < 1.29 is 9.59 Å². The van der Waals surface area contributed by atoms with Gasteiger partial charge in [-0.1, -0.05) is 18.2 Å². The summed E-state index contributed by atoms with van der Waals surface area (Å²) in [4.78, 5) is 28.6. The number of benzene rings is 1. The van der Waals surface area contributed by atoms with Crippen molar-refractivity contribution in [2.24, 2.45) is 0 Å². The van der Waals surface area contributed by atoms with Gasteiger partial charge in [-0.15, -0.1) is 23.1 Å². The Morgan fingerprint density at radius 2 is 1.93 bits per heavy atom. The largest absolute Gasteiger partial charge is 0.338 e. The standard InChI is InChI=1S/C20H25N3O2S2/c24-19(23-12-8-18-16(15-23)9-14-27-18)7-11-22-20(25)21-10-4-13-26-17-5-2-1-3-6-17/h1-3,5-6,9,14H,4,7-8,10-13,15H2,(H2,21,22,25). The van der Waals surface area contributed by atoms with Crippen molar-refractivity contribution in [1.29, 1.82) is 0 Å². The summed E-state index contributed by atoms with van der Waals surface area (Å²) >= 11 is 3.55. The van der Waals surface area contributed by atoms with E-state index in [1.54, 1.807) is 23.1 Å². The van der Waals surface area contributed by atoms with Crippen LogP contribution in [0.4, 0.5) is 4.79 Å². The van der Waals surface area contributed by atoms with Gasteiger partial charge in [-0.25, -0.2) is 4.79 Å². The number of nitrogens with zero attached hydrogens (tertiary/aromatic N) is 1. The molecule has 3 amide bonds. The zero-order chi connectivity index (χ0) is 18.9. The van der Waals surface area contributed by atoms with Crippen LogP contribution in [-0.4, -0.2) is 42.2 Å². The minimum absolute atomic E-state index is 0.103. The molecule has 0 radical (unpaired) electrons. The molecular formula is C20H25N3O2S2. The van der Waals surface area contributed by atoms with E-state index in [1.807, 2.05) is 23.1 Å². The fourth-order valence-corrected chi connectivity index (χ4v) is 4.71. The maximum absolute atomic E-state index is 12.3. The number of carbonyl (C=O) groups excluding carboxylic acids is 2. The molecule has 0 bridgehead atoms. The average molecular weight is 404 g/mol. The number of rotatable bonds is 8. The Morgan fingerprint density at radius 3 is 2.78 bits per heavy atom. The lowest BCUT2D eigenvalue weighted by Gasteiger charge is -2.27. The first-order valence-electron chi connectivity index (χ1n) is 9.25. The van der Waals surface area contributed by atoms with Crippen molar-refractivity contribution in [3.8, 4) is 0 Å². The summed E-state index contributed by atoms with van der Waals surface area (Å²) in [5.74, 6) is 1.06. The van der Waals surface area contributed by atoms with Crippen LogP contribution in [-0.2, 0) is 17.8 Å². The molecule has 0 aliphatic carbocycles. The van der Waals surface area contributed by atoms with E-state index in [4.69, 9.17) is 0 Å². The Bertz CT molecular complexity index is 749. The van der Waals surface area contributed by atoms with Crippen LogP contribution < -0.4 is 10.6 Å². The number of amides is 3. The molecule has 5 nitrogen and oxygen atoms in total. The zero-order valence-corrected chi connectivity index (χ0v) is 16.9. The molecule has 2 heterocycles. The smallest absolute Gasteiger partial charge is 0.314 e. The van der Waals surface area contributed by atoms with Crippen LogP contribution in [0.25, 0.3) is 0 Å². The highest BCUT2D eigenvalue weighted by Gasteiger charge is 2.21. The summed E-state index contributed by atoms with van der Waals surface area (Å²) in [6, 6.07) is 12.1. The van der Waals surface area contributed by atoms with E-state index in [-0.39, 0.29) is 11.9 Å². The summed E-state index contributed by atoms with van der Waals surface area (Å²) in [5, 5.41) is 7.70. The molecule has 2 aromatic rings. The predicted molar refractivity (Wildman–Crippen MR) is 111 cm³/mol. The number of hydrogen-bond acceptors (Lipinski definition) is 4.